The molecule has 0 aliphatic heterocycles. The summed E-state index contributed by atoms with van der Waals surface area (Å²) in [5, 5.41) is 3.48. The van der Waals surface area contributed by atoms with Gasteiger partial charge in [0.2, 0.25) is 0 Å². The van der Waals surface area contributed by atoms with E-state index in [0.717, 1.165) is 26.1 Å². The molecule has 1 N–H and O–H groups in total. The Morgan fingerprint density at radius 2 is 1.82 bits per heavy atom. The van der Waals surface area contributed by atoms with Crippen LogP contribution in [0.4, 0.5) is 0 Å². The average molecular weight is 235 g/mol. The van der Waals surface area contributed by atoms with Crippen molar-refractivity contribution in [3.63, 3.8) is 0 Å². The summed E-state index contributed by atoms with van der Waals surface area (Å²) in [7, 11) is 0. The molecule has 0 unspecified atom stereocenters. The van der Waals surface area contributed by atoms with E-state index >= 15 is 0 Å². The van der Waals surface area contributed by atoms with E-state index < -0.39 is 0 Å². The third-order valence-corrected chi connectivity index (χ3v) is 2.77. The Morgan fingerprint density at radius 3 is 2.47 bits per heavy atom. The van der Waals surface area contributed by atoms with Crippen molar-refractivity contribution in [3.05, 3.63) is 35.9 Å². The maximum atomic E-state index is 5.49. The lowest BCUT2D eigenvalue weighted by Gasteiger charge is -2.13. The van der Waals surface area contributed by atoms with Gasteiger partial charge in [-0.3, -0.25) is 0 Å². The summed E-state index contributed by atoms with van der Waals surface area (Å²) in [5.41, 5.74) is 1.40. The van der Waals surface area contributed by atoms with Gasteiger partial charge in [0.1, 0.15) is 0 Å². The monoisotopic (exact) mass is 235 g/mol. The van der Waals surface area contributed by atoms with Gasteiger partial charge in [-0.05, 0) is 38.3 Å². The van der Waals surface area contributed by atoms with E-state index in [0.29, 0.717) is 12.0 Å². The van der Waals surface area contributed by atoms with E-state index in [1.807, 2.05) is 0 Å². The van der Waals surface area contributed by atoms with E-state index in [1.165, 1.54) is 5.56 Å². The molecule has 2 nitrogen and oxygen atoms in total. The van der Waals surface area contributed by atoms with Gasteiger partial charge in [-0.1, -0.05) is 37.3 Å². The molecule has 1 rings (SSSR count). The quantitative estimate of drug-likeness (QED) is 0.699. The molecule has 0 aliphatic carbocycles. The molecule has 2 heteroatoms. The predicted molar refractivity (Wildman–Crippen MR) is 73.4 cm³/mol. The molecule has 96 valence electrons. The van der Waals surface area contributed by atoms with Gasteiger partial charge in [0.05, 0.1) is 6.10 Å². The molecule has 0 amide bonds. The fourth-order valence-corrected chi connectivity index (χ4v) is 1.73. The standard InChI is InChI=1S/C15H25NO/c1-13(2)17-11-7-10-16-12-14(3)15-8-5-4-6-9-15/h4-6,8-9,13-14,16H,7,10-12H2,1-3H3/t14-/m1/s1. The van der Waals surface area contributed by atoms with Crippen LogP contribution in [0.1, 0.15) is 38.7 Å². The molecular weight excluding hydrogens is 210 g/mol. The molecule has 0 aliphatic rings. The molecule has 0 aromatic heterocycles. The van der Waals surface area contributed by atoms with E-state index in [4.69, 9.17) is 4.74 Å². The highest BCUT2D eigenvalue weighted by Gasteiger charge is 2.03. The molecule has 0 bridgehead atoms. The number of rotatable bonds is 8. The Kier molecular flexibility index (Phi) is 6.90. The van der Waals surface area contributed by atoms with Gasteiger partial charge in [0.15, 0.2) is 0 Å². The van der Waals surface area contributed by atoms with E-state index in [2.05, 4.69) is 56.4 Å². The van der Waals surface area contributed by atoms with Crippen LogP contribution in [0.3, 0.4) is 0 Å². The van der Waals surface area contributed by atoms with E-state index in [-0.39, 0.29) is 0 Å². The van der Waals surface area contributed by atoms with Gasteiger partial charge < -0.3 is 10.1 Å². The summed E-state index contributed by atoms with van der Waals surface area (Å²) in [6.07, 6.45) is 1.43. The molecule has 0 fully saturated rings. The maximum Gasteiger partial charge on any atom is 0.0518 e. The Labute approximate surface area is 105 Å². The van der Waals surface area contributed by atoms with Gasteiger partial charge in [-0.2, -0.15) is 0 Å². The lowest BCUT2D eigenvalue weighted by Crippen LogP contribution is -2.22. The van der Waals surface area contributed by atoms with Crippen LogP contribution in [-0.2, 0) is 4.74 Å². The summed E-state index contributed by atoms with van der Waals surface area (Å²) in [6, 6.07) is 10.6. The highest BCUT2D eigenvalue weighted by Crippen LogP contribution is 2.12. The number of ether oxygens (including phenoxy) is 1. The predicted octanol–water partition coefficient (Wildman–Crippen LogP) is 3.19. The van der Waals surface area contributed by atoms with Crippen LogP contribution in [-0.4, -0.2) is 25.8 Å². The third-order valence-electron chi connectivity index (χ3n) is 2.77. The minimum Gasteiger partial charge on any atom is -0.379 e. The van der Waals surface area contributed by atoms with Crippen LogP contribution in [0.15, 0.2) is 30.3 Å². The molecular formula is C15H25NO. The fraction of sp³-hybridized carbons (Fsp3) is 0.600. The molecule has 17 heavy (non-hydrogen) atoms. The normalized spacial score (nSPS) is 12.9. The number of hydrogen-bond donors (Lipinski definition) is 1. The van der Waals surface area contributed by atoms with Crippen LogP contribution in [0, 0.1) is 0 Å². The number of benzene rings is 1. The first-order valence-corrected chi connectivity index (χ1v) is 6.57. The first-order chi connectivity index (χ1) is 8.20. The molecule has 1 aromatic carbocycles. The van der Waals surface area contributed by atoms with Crippen LogP contribution >= 0.6 is 0 Å². The highest BCUT2D eigenvalue weighted by molar-refractivity contribution is 5.18. The zero-order chi connectivity index (χ0) is 12.5. The minimum absolute atomic E-state index is 0.346. The van der Waals surface area contributed by atoms with Gasteiger partial charge >= 0.3 is 0 Å². The van der Waals surface area contributed by atoms with Crippen LogP contribution < -0.4 is 5.32 Å². The van der Waals surface area contributed by atoms with Gasteiger partial charge in [-0.25, -0.2) is 0 Å². The van der Waals surface area contributed by atoms with Crippen molar-refractivity contribution < 1.29 is 4.74 Å². The fourth-order valence-electron chi connectivity index (χ4n) is 1.73. The lowest BCUT2D eigenvalue weighted by molar-refractivity contribution is 0.0771. The second-order valence-corrected chi connectivity index (χ2v) is 4.79. The van der Waals surface area contributed by atoms with Crippen molar-refractivity contribution in [1.82, 2.24) is 5.32 Å². The summed E-state index contributed by atoms with van der Waals surface area (Å²) >= 11 is 0. The molecule has 1 atom stereocenters. The Morgan fingerprint density at radius 1 is 1.12 bits per heavy atom. The molecule has 0 saturated heterocycles. The van der Waals surface area contributed by atoms with Gasteiger partial charge in [0.25, 0.3) is 0 Å². The maximum absolute atomic E-state index is 5.49. The third kappa shape index (κ3) is 6.44. The molecule has 0 radical (unpaired) electrons. The number of hydrogen-bond acceptors (Lipinski definition) is 2. The summed E-state index contributed by atoms with van der Waals surface area (Å²) in [6.45, 7) is 9.32. The van der Waals surface area contributed by atoms with Crippen LogP contribution in [0.2, 0.25) is 0 Å². The molecule has 0 spiro atoms. The van der Waals surface area contributed by atoms with Crippen LogP contribution in [0.5, 0.6) is 0 Å². The number of nitrogens with one attached hydrogen (secondary N) is 1. The zero-order valence-corrected chi connectivity index (χ0v) is 11.3. The zero-order valence-electron chi connectivity index (χ0n) is 11.3. The summed E-state index contributed by atoms with van der Waals surface area (Å²) in [5.74, 6) is 0.571. The molecule has 0 heterocycles. The summed E-state index contributed by atoms with van der Waals surface area (Å²) < 4.78 is 5.49. The second-order valence-electron chi connectivity index (χ2n) is 4.79. The Bertz CT molecular complexity index is 284. The molecule has 1 aromatic rings. The largest absolute Gasteiger partial charge is 0.379 e. The van der Waals surface area contributed by atoms with Crippen molar-refractivity contribution in [2.45, 2.75) is 39.2 Å². The lowest BCUT2D eigenvalue weighted by atomic mass is 10.0. The SMILES string of the molecule is CC(C)OCCCNC[C@@H](C)c1ccccc1. The first-order valence-electron chi connectivity index (χ1n) is 6.57. The summed E-state index contributed by atoms with van der Waals surface area (Å²) in [4.78, 5) is 0. The van der Waals surface area contributed by atoms with Crippen molar-refractivity contribution in [2.24, 2.45) is 0 Å². The minimum atomic E-state index is 0.346. The van der Waals surface area contributed by atoms with Crippen molar-refractivity contribution >= 4 is 0 Å². The average Bonchev–Trinajstić information content (AvgIpc) is 2.34. The molecule has 0 saturated carbocycles. The second kappa shape index (κ2) is 8.26. The van der Waals surface area contributed by atoms with E-state index in [9.17, 15) is 0 Å². The van der Waals surface area contributed by atoms with E-state index in [1.54, 1.807) is 0 Å². The van der Waals surface area contributed by atoms with Crippen molar-refractivity contribution in [1.29, 1.82) is 0 Å². The topological polar surface area (TPSA) is 21.3 Å². The Hall–Kier alpha value is -0.860. The van der Waals surface area contributed by atoms with Crippen LogP contribution in [0.25, 0.3) is 0 Å². The van der Waals surface area contributed by atoms with Gasteiger partial charge in [-0.15, -0.1) is 0 Å². The van der Waals surface area contributed by atoms with Gasteiger partial charge in [0, 0.05) is 13.2 Å². The Balaban J connectivity index is 2.07. The smallest absolute Gasteiger partial charge is 0.0518 e. The first kappa shape index (κ1) is 14.2. The van der Waals surface area contributed by atoms with Crippen molar-refractivity contribution in [2.75, 3.05) is 19.7 Å². The highest BCUT2D eigenvalue weighted by atomic mass is 16.5. The van der Waals surface area contributed by atoms with Crippen molar-refractivity contribution in [3.8, 4) is 0 Å².